The molecule has 1 nitrogen and oxygen atoms in total. The molecule has 0 aromatic rings. The molecule has 2 heteroatoms. The second-order valence-corrected chi connectivity index (χ2v) is 5.63. The maximum atomic E-state index is 5.63. The molecule has 0 radical (unpaired) electrons. The number of rotatable bonds is 3. The van der Waals surface area contributed by atoms with E-state index in [1.165, 1.54) is 19.3 Å². The molecule has 0 amide bonds. The van der Waals surface area contributed by atoms with Gasteiger partial charge in [0.05, 0.1) is 12.4 Å². The van der Waals surface area contributed by atoms with Crippen LogP contribution in [-0.4, -0.2) is 16.6 Å². The largest absolute Gasteiger partial charge is 0.498 e. The number of hydrogen-bond donors (Lipinski definition) is 0. The third kappa shape index (κ3) is 1.88. The van der Waals surface area contributed by atoms with E-state index in [0.717, 1.165) is 16.4 Å². The molecule has 4 atom stereocenters. The number of ether oxygens (including phenoxy) is 1. The van der Waals surface area contributed by atoms with Crippen LogP contribution in [0.25, 0.3) is 0 Å². The average Bonchev–Trinajstić information content (AvgIpc) is 2.74. The lowest BCUT2D eigenvalue weighted by Gasteiger charge is -2.25. The summed E-state index contributed by atoms with van der Waals surface area (Å²) in [6.45, 7) is 4.22. The standard InChI is InChI=1S/C11H18OS/c1-3-6-12-8(2)10-7-9-4-5-11(10)13-9/h3,6,8-11H,4-5,7H2,1-2H3/b6-3+. The zero-order valence-electron chi connectivity index (χ0n) is 8.40. The van der Waals surface area contributed by atoms with Gasteiger partial charge in [0.1, 0.15) is 0 Å². The van der Waals surface area contributed by atoms with Crippen molar-refractivity contribution in [3.05, 3.63) is 12.3 Å². The highest BCUT2D eigenvalue weighted by Crippen LogP contribution is 2.50. The van der Waals surface area contributed by atoms with E-state index in [1.54, 1.807) is 0 Å². The van der Waals surface area contributed by atoms with Gasteiger partial charge in [0.25, 0.3) is 0 Å². The van der Waals surface area contributed by atoms with Crippen molar-refractivity contribution in [1.29, 1.82) is 0 Å². The highest BCUT2D eigenvalue weighted by molar-refractivity contribution is 8.01. The molecule has 0 spiro atoms. The summed E-state index contributed by atoms with van der Waals surface area (Å²) < 4.78 is 5.63. The summed E-state index contributed by atoms with van der Waals surface area (Å²) >= 11 is 2.20. The van der Waals surface area contributed by atoms with Crippen molar-refractivity contribution in [3.8, 4) is 0 Å². The molecule has 0 aromatic carbocycles. The first kappa shape index (κ1) is 9.45. The molecule has 2 fully saturated rings. The van der Waals surface area contributed by atoms with Gasteiger partial charge in [-0.2, -0.15) is 11.8 Å². The fourth-order valence-corrected chi connectivity index (χ4v) is 4.38. The molecule has 0 saturated carbocycles. The van der Waals surface area contributed by atoms with Gasteiger partial charge in [0, 0.05) is 16.4 Å². The van der Waals surface area contributed by atoms with Crippen LogP contribution in [0.2, 0.25) is 0 Å². The minimum atomic E-state index is 0.416. The Morgan fingerprint density at radius 2 is 2.31 bits per heavy atom. The van der Waals surface area contributed by atoms with Gasteiger partial charge < -0.3 is 4.74 Å². The highest BCUT2D eigenvalue weighted by atomic mass is 32.2. The normalized spacial score (nSPS) is 40.0. The summed E-state index contributed by atoms with van der Waals surface area (Å²) in [6.07, 6.45) is 8.47. The Bertz CT molecular complexity index is 202. The van der Waals surface area contributed by atoms with Gasteiger partial charge in [-0.05, 0) is 33.1 Å². The lowest BCUT2D eigenvalue weighted by molar-refractivity contribution is 0.0921. The first-order chi connectivity index (χ1) is 6.31. The fourth-order valence-electron chi connectivity index (χ4n) is 2.47. The monoisotopic (exact) mass is 198 g/mol. The van der Waals surface area contributed by atoms with Crippen LogP contribution in [0.3, 0.4) is 0 Å². The molecule has 74 valence electrons. The summed E-state index contributed by atoms with van der Waals surface area (Å²) in [6, 6.07) is 0. The summed E-state index contributed by atoms with van der Waals surface area (Å²) in [5.41, 5.74) is 0. The summed E-state index contributed by atoms with van der Waals surface area (Å²) in [5.74, 6) is 0.806. The molecule has 4 unspecified atom stereocenters. The van der Waals surface area contributed by atoms with Crippen LogP contribution in [0, 0.1) is 5.92 Å². The van der Waals surface area contributed by atoms with Crippen molar-refractivity contribution >= 4 is 11.8 Å². The van der Waals surface area contributed by atoms with Gasteiger partial charge in [-0.1, -0.05) is 6.08 Å². The Hall–Kier alpha value is -0.110. The minimum absolute atomic E-state index is 0.416. The molecule has 2 aliphatic rings. The van der Waals surface area contributed by atoms with E-state index >= 15 is 0 Å². The molecule has 0 aromatic heterocycles. The summed E-state index contributed by atoms with van der Waals surface area (Å²) in [5, 5.41) is 1.84. The van der Waals surface area contributed by atoms with E-state index < -0.39 is 0 Å². The van der Waals surface area contributed by atoms with Crippen molar-refractivity contribution in [3.63, 3.8) is 0 Å². The number of thioether (sulfide) groups is 1. The van der Waals surface area contributed by atoms with E-state index in [2.05, 4.69) is 18.7 Å². The Morgan fingerprint density at radius 3 is 2.85 bits per heavy atom. The smallest absolute Gasteiger partial charge is 0.0989 e. The molecular weight excluding hydrogens is 180 g/mol. The lowest BCUT2D eigenvalue weighted by atomic mass is 9.86. The predicted octanol–water partition coefficient (Wildman–Crippen LogP) is 3.21. The van der Waals surface area contributed by atoms with Gasteiger partial charge in [-0.15, -0.1) is 0 Å². The average molecular weight is 198 g/mol. The van der Waals surface area contributed by atoms with E-state index in [1.807, 2.05) is 19.3 Å². The van der Waals surface area contributed by atoms with E-state index in [4.69, 9.17) is 4.74 Å². The second kappa shape index (κ2) is 3.95. The maximum absolute atomic E-state index is 5.63. The third-order valence-electron chi connectivity index (χ3n) is 3.19. The molecule has 2 saturated heterocycles. The Balaban J connectivity index is 1.87. The molecule has 2 bridgehead atoms. The third-order valence-corrected chi connectivity index (χ3v) is 4.93. The molecule has 0 N–H and O–H groups in total. The van der Waals surface area contributed by atoms with Gasteiger partial charge >= 0.3 is 0 Å². The van der Waals surface area contributed by atoms with Crippen molar-refractivity contribution in [1.82, 2.24) is 0 Å². The number of hydrogen-bond acceptors (Lipinski definition) is 2. The Kier molecular flexibility index (Phi) is 2.87. The predicted molar refractivity (Wildman–Crippen MR) is 57.9 cm³/mol. The van der Waals surface area contributed by atoms with Crippen LogP contribution in [0.5, 0.6) is 0 Å². The van der Waals surface area contributed by atoms with Crippen LogP contribution in [0.15, 0.2) is 12.3 Å². The lowest BCUT2D eigenvalue weighted by Crippen LogP contribution is -2.27. The fraction of sp³-hybridized carbons (Fsp3) is 0.818. The minimum Gasteiger partial charge on any atom is -0.498 e. The van der Waals surface area contributed by atoms with E-state index in [-0.39, 0.29) is 0 Å². The molecule has 2 rings (SSSR count). The molecular formula is C11H18OS. The van der Waals surface area contributed by atoms with E-state index in [9.17, 15) is 0 Å². The van der Waals surface area contributed by atoms with Crippen LogP contribution in [0.1, 0.15) is 33.1 Å². The quantitative estimate of drug-likeness (QED) is 0.644. The van der Waals surface area contributed by atoms with Crippen LogP contribution in [-0.2, 0) is 4.74 Å². The zero-order valence-corrected chi connectivity index (χ0v) is 9.22. The van der Waals surface area contributed by atoms with Crippen molar-refractivity contribution in [2.24, 2.45) is 5.92 Å². The first-order valence-electron chi connectivity index (χ1n) is 5.23. The Morgan fingerprint density at radius 1 is 1.46 bits per heavy atom. The number of fused-ring (bicyclic) bond motifs is 2. The Labute approximate surface area is 84.9 Å². The van der Waals surface area contributed by atoms with Crippen molar-refractivity contribution in [2.75, 3.05) is 0 Å². The van der Waals surface area contributed by atoms with Crippen molar-refractivity contribution < 1.29 is 4.74 Å². The van der Waals surface area contributed by atoms with Crippen LogP contribution >= 0.6 is 11.8 Å². The topological polar surface area (TPSA) is 9.23 Å². The van der Waals surface area contributed by atoms with Gasteiger partial charge in [-0.25, -0.2) is 0 Å². The molecule has 0 aliphatic carbocycles. The van der Waals surface area contributed by atoms with Crippen molar-refractivity contribution in [2.45, 2.75) is 49.7 Å². The van der Waals surface area contributed by atoms with Gasteiger partial charge in [-0.3, -0.25) is 0 Å². The van der Waals surface area contributed by atoms with Gasteiger partial charge in [0.2, 0.25) is 0 Å². The summed E-state index contributed by atoms with van der Waals surface area (Å²) in [7, 11) is 0. The summed E-state index contributed by atoms with van der Waals surface area (Å²) in [4.78, 5) is 0. The maximum Gasteiger partial charge on any atom is 0.0989 e. The SMILES string of the molecule is C/C=C/OC(C)C1CC2CCC1S2. The van der Waals surface area contributed by atoms with Gasteiger partial charge in [0.15, 0.2) is 0 Å². The number of allylic oxidation sites excluding steroid dienone is 1. The molecule has 2 heterocycles. The zero-order chi connectivity index (χ0) is 9.26. The second-order valence-electron chi connectivity index (χ2n) is 4.08. The van der Waals surface area contributed by atoms with Crippen LogP contribution < -0.4 is 0 Å². The molecule has 13 heavy (non-hydrogen) atoms. The van der Waals surface area contributed by atoms with E-state index in [0.29, 0.717) is 6.10 Å². The molecule has 2 aliphatic heterocycles. The first-order valence-corrected chi connectivity index (χ1v) is 6.17. The highest BCUT2D eigenvalue weighted by Gasteiger charge is 2.43. The van der Waals surface area contributed by atoms with Crippen LogP contribution in [0.4, 0.5) is 0 Å².